The number of hydrogen-bond donors (Lipinski definition) is 6. The number of carboxylic acid groups (broad SMARTS) is 2. The molecule has 2 atom stereocenters. The number of nitrogen functional groups attached to an aromatic ring is 1. The first kappa shape index (κ1) is 24.2. The van der Waals surface area contributed by atoms with Crippen LogP contribution in [0.15, 0.2) is 29.1 Å². The topological polar surface area (TPSA) is 208 Å². The van der Waals surface area contributed by atoms with E-state index in [1.165, 1.54) is 17.0 Å². The Balaban J connectivity index is 1.62. The summed E-state index contributed by atoms with van der Waals surface area (Å²) >= 11 is 0. The molecule has 0 saturated heterocycles. The number of aromatic amines is 1. The zero-order valence-electron chi connectivity index (χ0n) is 18.0. The Morgan fingerprint density at radius 1 is 1.26 bits per heavy atom. The Bertz CT molecular complexity index is 1150. The molecular formula is C21H24N6O7. The fourth-order valence-corrected chi connectivity index (χ4v) is 3.61. The number of benzene rings is 1. The van der Waals surface area contributed by atoms with Crippen molar-refractivity contribution in [3.63, 3.8) is 0 Å². The maximum atomic E-state index is 12.4. The van der Waals surface area contributed by atoms with E-state index in [0.29, 0.717) is 24.2 Å². The van der Waals surface area contributed by atoms with Crippen LogP contribution in [0.4, 0.5) is 23.1 Å². The van der Waals surface area contributed by atoms with Crippen LogP contribution in [0.1, 0.15) is 29.6 Å². The lowest BCUT2D eigenvalue weighted by atomic mass is 9.94. The number of fused-ring (bicyclic) bond motifs is 1. The Labute approximate surface area is 193 Å². The van der Waals surface area contributed by atoms with Crippen LogP contribution in [0.5, 0.6) is 0 Å². The van der Waals surface area contributed by atoms with Crippen LogP contribution in [0.3, 0.4) is 0 Å². The van der Waals surface area contributed by atoms with Gasteiger partial charge in [0.2, 0.25) is 12.4 Å². The summed E-state index contributed by atoms with van der Waals surface area (Å²) in [6.45, 7) is 0.594. The normalized spacial score (nSPS) is 15.5. The minimum atomic E-state index is -1.22. The molecule has 0 spiro atoms. The maximum absolute atomic E-state index is 12.4. The van der Waals surface area contributed by atoms with Gasteiger partial charge in [0, 0.05) is 37.2 Å². The van der Waals surface area contributed by atoms with Gasteiger partial charge in [-0.1, -0.05) is 0 Å². The van der Waals surface area contributed by atoms with E-state index in [4.69, 9.17) is 10.8 Å². The molecule has 2 aromatic rings. The van der Waals surface area contributed by atoms with Gasteiger partial charge in [-0.05, 0) is 30.7 Å². The highest BCUT2D eigenvalue weighted by Gasteiger charge is 2.30. The van der Waals surface area contributed by atoms with Crippen molar-refractivity contribution in [2.45, 2.75) is 25.3 Å². The molecular weight excluding hydrogens is 448 g/mol. The molecule has 1 aliphatic rings. The number of Topliss-reactive ketones (excluding diaryl/α,β-unsaturated/α-hetero) is 1. The number of carboxylic acids is 2. The monoisotopic (exact) mass is 472 g/mol. The van der Waals surface area contributed by atoms with Crippen LogP contribution in [0.2, 0.25) is 0 Å². The van der Waals surface area contributed by atoms with Gasteiger partial charge in [-0.3, -0.25) is 29.0 Å². The van der Waals surface area contributed by atoms with Crippen LogP contribution in [-0.2, 0) is 14.4 Å². The van der Waals surface area contributed by atoms with E-state index >= 15 is 0 Å². The highest BCUT2D eigenvalue weighted by molar-refractivity contribution is 5.98. The van der Waals surface area contributed by atoms with Crippen LogP contribution in [-0.4, -0.2) is 63.4 Å². The number of nitrogens with one attached hydrogen (secondary N) is 3. The first-order valence-electron chi connectivity index (χ1n) is 10.4. The van der Waals surface area contributed by atoms with E-state index in [1.54, 1.807) is 12.1 Å². The summed E-state index contributed by atoms with van der Waals surface area (Å²) in [6, 6.07) is 5.91. The molecule has 0 radical (unpaired) electrons. The van der Waals surface area contributed by atoms with E-state index in [2.05, 4.69) is 20.6 Å². The number of H-pyrrole nitrogens is 1. The Morgan fingerprint density at radius 2 is 1.97 bits per heavy atom. The molecule has 13 heteroatoms. The number of anilines is 4. The largest absolute Gasteiger partial charge is 0.481 e. The number of aromatic nitrogens is 2. The Hall–Kier alpha value is -4.42. The third-order valence-electron chi connectivity index (χ3n) is 5.42. The molecule has 1 amide bonds. The van der Waals surface area contributed by atoms with Gasteiger partial charge in [0.1, 0.15) is 0 Å². The number of carbonyl (C=O) groups excluding carboxylic acids is 2. The standard InChI is InChI=1S/C21H24N6O7/c22-21-25-18-17(19(32)26-21)27(10-28)14(9-24-18)8-23-13-4-1-11(2-5-13)15(29)7-12(20(33)34)3-6-16(30)31/h1-2,4-5,10,12,14,23H,3,6-9H2,(H,30,31)(H,33,34)(H4,22,24,25,26,32)/t12-,14?/m1/s1. The van der Waals surface area contributed by atoms with Crippen LogP contribution in [0.25, 0.3) is 0 Å². The Morgan fingerprint density at radius 3 is 2.59 bits per heavy atom. The predicted octanol–water partition coefficient (Wildman–Crippen LogP) is 0.360. The fourth-order valence-electron chi connectivity index (χ4n) is 3.61. The van der Waals surface area contributed by atoms with Crippen molar-refractivity contribution in [3.05, 3.63) is 40.2 Å². The summed E-state index contributed by atoms with van der Waals surface area (Å²) in [5, 5.41) is 24.1. The van der Waals surface area contributed by atoms with E-state index in [1.807, 2.05) is 0 Å². The lowest BCUT2D eigenvalue weighted by Gasteiger charge is -2.34. The summed E-state index contributed by atoms with van der Waals surface area (Å²) in [6.07, 6.45) is -0.221. The maximum Gasteiger partial charge on any atom is 0.306 e. The lowest BCUT2D eigenvalue weighted by molar-refractivity contribution is -0.142. The van der Waals surface area contributed by atoms with Gasteiger partial charge in [-0.25, -0.2) is 0 Å². The van der Waals surface area contributed by atoms with Gasteiger partial charge in [0.25, 0.3) is 5.56 Å². The predicted molar refractivity (Wildman–Crippen MR) is 122 cm³/mol. The number of rotatable bonds is 11. The van der Waals surface area contributed by atoms with Gasteiger partial charge >= 0.3 is 11.9 Å². The molecule has 3 rings (SSSR count). The van der Waals surface area contributed by atoms with Crippen LogP contribution >= 0.6 is 0 Å². The molecule has 7 N–H and O–H groups in total. The van der Waals surface area contributed by atoms with Gasteiger partial charge < -0.3 is 31.5 Å². The van der Waals surface area contributed by atoms with Crippen molar-refractivity contribution in [1.29, 1.82) is 0 Å². The summed E-state index contributed by atoms with van der Waals surface area (Å²) in [7, 11) is 0. The average Bonchev–Trinajstić information content (AvgIpc) is 2.79. The number of amides is 1. The smallest absolute Gasteiger partial charge is 0.306 e. The number of carbonyl (C=O) groups is 4. The molecule has 0 saturated carbocycles. The number of aliphatic carboxylic acids is 2. The quantitative estimate of drug-likeness (QED) is 0.194. The third-order valence-corrected chi connectivity index (χ3v) is 5.42. The number of nitrogens with zero attached hydrogens (tertiary/aromatic N) is 2. The molecule has 180 valence electrons. The number of nitrogens with two attached hydrogens (primary N) is 1. The minimum absolute atomic E-state index is 0.0649. The second kappa shape index (κ2) is 10.5. The number of ketones is 1. The summed E-state index contributed by atoms with van der Waals surface area (Å²) in [4.78, 5) is 66.0. The first-order valence-corrected chi connectivity index (χ1v) is 10.4. The van der Waals surface area contributed by atoms with Crippen molar-refractivity contribution in [2.75, 3.05) is 34.4 Å². The average molecular weight is 472 g/mol. The number of hydrogen-bond acceptors (Lipinski definition) is 9. The zero-order valence-corrected chi connectivity index (χ0v) is 18.0. The van der Waals surface area contributed by atoms with Crippen molar-refractivity contribution in [1.82, 2.24) is 9.97 Å². The molecule has 1 aromatic heterocycles. The van der Waals surface area contributed by atoms with Crippen molar-refractivity contribution >= 4 is 47.3 Å². The highest BCUT2D eigenvalue weighted by atomic mass is 16.4. The second-order valence-electron chi connectivity index (χ2n) is 7.75. The lowest BCUT2D eigenvalue weighted by Crippen LogP contribution is -2.50. The summed E-state index contributed by atoms with van der Waals surface area (Å²) in [5.41, 5.74) is 6.00. The van der Waals surface area contributed by atoms with Crippen molar-refractivity contribution in [2.24, 2.45) is 5.92 Å². The molecule has 0 bridgehead atoms. The molecule has 1 aliphatic heterocycles. The van der Waals surface area contributed by atoms with Gasteiger partial charge in [0.15, 0.2) is 17.3 Å². The van der Waals surface area contributed by atoms with Gasteiger partial charge in [-0.2, -0.15) is 4.98 Å². The second-order valence-corrected chi connectivity index (χ2v) is 7.75. The van der Waals surface area contributed by atoms with Gasteiger partial charge in [0.05, 0.1) is 12.0 Å². The van der Waals surface area contributed by atoms with E-state index in [9.17, 15) is 29.1 Å². The molecule has 0 fully saturated rings. The summed E-state index contributed by atoms with van der Waals surface area (Å²) < 4.78 is 0. The van der Waals surface area contributed by atoms with E-state index < -0.39 is 35.2 Å². The fraction of sp³-hybridized carbons (Fsp3) is 0.333. The van der Waals surface area contributed by atoms with E-state index in [-0.39, 0.29) is 43.3 Å². The molecule has 1 unspecified atom stereocenters. The van der Waals surface area contributed by atoms with Crippen molar-refractivity contribution < 1.29 is 29.4 Å². The minimum Gasteiger partial charge on any atom is -0.481 e. The molecule has 2 heterocycles. The van der Waals surface area contributed by atoms with Gasteiger partial charge in [-0.15, -0.1) is 0 Å². The van der Waals surface area contributed by atoms with Crippen LogP contribution in [0, 0.1) is 5.92 Å². The third kappa shape index (κ3) is 5.68. The van der Waals surface area contributed by atoms with Crippen LogP contribution < -0.4 is 26.8 Å². The molecule has 34 heavy (non-hydrogen) atoms. The van der Waals surface area contributed by atoms with Crippen molar-refractivity contribution in [3.8, 4) is 0 Å². The highest BCUT2D eigenvalue weighted by Crippen LogP contribution is 2.25. The van der Waals surface area contributed by atoms with E-state index in [0.717, 1.165) is 0 Å². The SMILES string of the molecule is Nc1nc2c(c(=O)[nH]1)N(C=O)C(CNc1ccc(C(=O)C[C@@H](CCC(=O)O)C(=O)O)cc1)CN2. The molecule has 13 nitrogen and oxygen atoms in total. The Kier molecular flexibility index (Phi) is 7.46. The zero-order chi connectivity index (χ0) is 24.8. The summed E-state index contributed by atoms with van der Waals surface area (Å²) in [5.74, 6) is -3.67. The first-order chi connectivity index (χ1) is 16.2. The molecule has 1 aromatic carbocycles. The molecule has 0 aliphatic carbocycles.